The van der Waals surface area contributed by atoms with Gasteiger partial charge in [-0.05, 0) is 0 Å². The van der Waals surface area contributed by atoms with E-state index in [9.17, 15) is 52.7 Å². The lowest BCUT2D eigenvalue weighted by molar-refractivity contribution is -0.408. The normalized spacial score (nSPS) is 17.6. The van der Waals surface area contributed by atoms with Crippen molar-refractivity contribution in [2.24, 2.45) is 0 Å². The molecule has 0 aromatic carbocycles. The van der Waals surface area contributed by atoms with Crippen molar-refractivity contribution < 1.29 is 57.4 Å². The van der Waals surface area contributed by atoms with Crippen molar-refractivity contribution in [2.45, 2.75) is 30.6 Å². The topological polar surface area (TPSA) is 9.23 Å². The van der Waals surface area contributed by atoms with Crippen LogP contribution in [0.25, 0.3) is 0 Å². The van der Waals surface area contributed by atoms with E-state index in [4.69, 9.17) is 0 Å². The van der Waals surface area contributed by atoms with Crippen molar-refractivity contribution in [2.75, 3.05) is 0 Å². The third-order valence-electron chi connectivity index (χ3n) is 1.74. The minimum atomic E-state index is -7.00. The van der Waals surface area contributed by atoms with Gasteiger partial charge in [0.15, 0.2) is 0 Å². The first-order chi connectivity index (χ1) is 8.68. The molecule has 0 aliphatic heterocycles. The van der Waals surface area contributed by atoms with Gasteiger partial charge in [0.1, 0.15) is 0 Å². The van der Waals surface area contributed by atoms with Crippen LogP contribution in [-0.4, -0.2) is 30.6 Å². The van der Waals surface area contributed by atoms with Crippen molar-refractivity contribution >= 4 is 0 Å². The minimum Gasteiger partial charge on any atom is -0.416 e. The van der Waals surface area contributed by atoms with Gasteiger partial charge in [-0.15, -0.1) is 0 Å². The van der Waals surface area contributed by atoms with Crippen molar-refractivity contribution in [1.29, 1.82) is 0 Å². The van der Waals surface area contributed by atoms with E-state index in [0.29, 0.717) is 0 Å². The van der Waals surface area contributed by atoms with Crippen LogP contribution in [0.2, 0.25) is 0 Å². The highest BCUT2D eigenvalue weighted by molar-refractivity contribution is 5.01. The Kier molecular flexibility index (Phi) is 5.23. The second kappa shape index (κ2) is 5.60. The molecule has 0 rings (SSSR count). The lowest BCUT2D eigenvalue weighted by Gasteiger charge is -2.34. The number of hydrogen-bond donors (Lipinski definition) is 0. The summed E-state index contributed by atoms with van der Waals surface area (Å²) in [7, 11) is 0. The number of halogens is 12. The van der Waals surface area contributed by atoms with Crippen LogP contribution in [-0.2, 0) is 4.74 Å². The fourth-order valence-electron chi connectivity index (χ4n) is 0.813. The summed E-state index contributed by atoms with van der Waals surface area (Å²) in [5.41, 5.74) is 0. The highest BCUT2D eigenvalue weighted by Gasteiger charge is 2.79. The molecule has 1 nitrogen and oxygen atoms in total. The van der Waals surface area contributed by atoms with E-state index in [-0.39, 0.29) is 0 Å². The maximum atomic E-state index is 13.0. The van der Waals surface area contributed by atoms with Crippen LogP contribution < -0.4 is 0 Å². The van der Waals surface area contributed by atoms with Crippen molar-refractivity contribution in [3.8, 4) is 0 Å². The second-order valence-corrected chi connectivity index (χ2v) is 3.09. The molecule has 0 N–H and O–H groups in total. The molecule has 13 heteroatoms. The Balaban J connectivity index is 5.87. The van der Waals surface area contributed by atoms with E-state index in [1.807, 2.05) is 4.74 Å². The molecule has 0 aromatic rings. The molecule has 0 aliphatic carbocycles. The Hall–Kier alpha value is -1.30. The average molecular weight is 330 g/mol. The van der Waals surface area contributed by atoms with Gasteiger partial charge in [0.25, 0.3) is 6.43 Å². The highest BCUT2D eigenvalue weighted by Crippen LogP contribution is 2.50. The molecule has 0 radical (unpaired) electrons. The molecule has 0 fully saturated rings. The molecule has 0 saturated heterocycles. The van der Waals surface area contributed by atoms with E-state index in [0.717, 1.165) is 0 Å². The van der Waals surface area contributed by atoms with Crippen LogP contribution in [0, 0.1) is 0 Å². The lowest BCUT2D eigenvalue weighted by atomic mass is 10.0. The first-order valence-corrected chi connectivity index (χ1v) is 4.14. The molecule has 20 heavy (non-hydrogen) atoms. The standard InChI is InChI=1S/C7H2F12O/c8-1(2(9)10)5(14,15)6(16,7(17,18)19)20-4(13)3(11)12/h1-2H. The molecular formula is C7H2F12O. The SMILES string of the molecule is FC(F)=C(F)OC(F)(C(F)(F)F)C(F)(F)C(F)C(F)F. The summed E-state index contributed by atoms with van der Waals surface area (Å²) in [5.74, 6) is -13.5. The Bertz CT molecular complexity index is 368. The molecule has 0 aromatic heterocycles. The number of rotatable bonds is 5. The molecule has 2 unspecified atom stereocenters. The first-order valence-electron chi connectivity index (χ1n) is 4.14. The molecule has 0 heterocycles. The summed E-state index contributed by atoms with van der Waals surface area (Å²) in [5, 5.41) is 0. The molecule has 0 amide bonds. The van der Waals surface area contributed by atoms with Gasteiger partial charge < -0.3 is 4.74 Å². The Morgan fingerprint density at radius 1 is 0.800 bits per heavy atom. The monoisotopic (exact) mass is 330 g/mol. The second-order valence-electron chi connectivity index (χ2n) is 3.09. The summed E-state index contributed by atoms with van der Waals surface area (Å²) in [6.45, 7) is 0. The Morgan fingerprint density at radius 2 is 1.20 bits per heavy atom. The van der Waals surface area contributed by atoms with Gasteiger partial charge in [0, 0.05) is 0 Å². The first kappa shape index (κ1) is 18.7. The highest BCUT2D eigenvalue weighted by atomic mass is 19.4. The summed E-state index contributed by atoms with van der Waals surface area (Å²) >= 11 is 0. The lowest BCUT2D eigenvalue weighted by Crippen LogP contribution is -2.62. The molecule has 120 valence electrons. The smallest absolute Gasteiger partial charge is 0.416 e. The van der Waals surface area contributed by atoms with Gasteiger partial charge in [-0.3, -0.25) is 0 Å². The predicted molar refractivity (Wildman–Crippen MR) is 37.2 cm³/mol. The van der Waals surface area contributed by atoms with Gasteiger partial charge >= 0.3 is 30.0 Å². The molecule has 0 aliphatic rings. The van der Waals surface area contributed by atoms with E-state index >= 15 is 0 Å². The zero-order chi connectivity index (χ0) is 16.5. The largest absolute Gasteiger partial charge is 0.467 e. The van der Waals surface area contributed by atoms with Crippen molar-refractivity contribution in [3.63, 3.8) is 0 Å². The van der Waals surface area contributed by atoms with E-state index in [1.165, 1.54) is 0 Å². The van der Waals surface area contributed by atoms with E-state index < -0.39 is 42.6 Å². The predicted octanol–water partition coefficient (Wildman–Crippen LogP) is 4.50. The summed E-state index contributed by atoms with van der Waals surface area (Å²) in [6.07, 6.45) is -20.7. The third kappa shape index (κ3) is 3.23. The maximum absolute atomic E-state index is 13.0. The average Bonchev–Trinajstić information content (AvgIpc) is 2.25. The number of hydrogen-bond acceptors (Lipinski definition) is 1. The fraction of sp³-hybridized carbons (Fsp3) is 0.714. The molecule has 2 atom stereocenters. The van der Waals surface area contributed by atoms with Crippen LogP contribution in [0.1, 0.15) is 0 Å². The van der Waals surface area contributed by atoms with Gasteiger partial charge in [0.2, 0.25) is 6.17 Å². The third-order valence-corrected chi connectivity index (χ3v) is 1.74. The van der Waals surface area contributed by atoms with Gasteiger partial charge in [-0.1, -0.05) is 0 Å². The summed E-state index contributed by atoms with van der Waals surface area (Å²) in [4.78, 5) is 0. The number of alkyl halides is 9. The number of ether oxygens (including phenoxy) is 1. The van der Waals surface area contributed by atoms with Crippen molar-refractivity contribution in [1.82, 2.24) is 0 Å². The van der Waals surface area contributed by atoms with Crippen LogP contribution in [0.5, 0.6) is 0 Å². The maximum Gasteiger partial charge on any atom is 0.467 e. The van der Waals surface area contributed by atoms with Crippen molar-refractivity contribution in [3.05, 3.63) is 12.1 Å². The van der Waals surface area contributed by atoms with Crippen LogP contribution in [0.4, 0.5) is 52.7 Å². The minimum absolute atomic E-state index is 2.05. The fourth-order valence-corrected chi connectivity index (χ4v) is 0.813. The zero-order valence-corrected chi connectivity index (χ0v) is 8.60. The Morgan fingerprint density at radius 3 is 1.45 bits per heavy atom. The molecule has 0 bridgehead atoms. The molecular weight excluding hydrogens is 328 g/mol. The van der Waals surface area contributed by atoms with Crippen LogP contribution in [0.15, 0.2) is 12.1 Å². The Labute approximate surface area is 101 Å². The van der Waals surface area contributed by atoms with E-state index in [1.54, 1.807) is 0 Å². The quantitative estimate of drug-likeness (QED) is 0.533. The van der Waals surface area contributed by atoms with Crippen LogP contribution in [0.3, 0.4) is 0 Å². The van der Waals surface area contributed by atoms with Crippen LogP contribution >= 0.6 is 0 Å². The summed E-state index contributed by atoms with van der Waals surface area (Å²) in [6, 6.07) is -3.76. The van der Waals surface area contributed by atoms with Gasteiger partial charge in [-0.25, -0.2) is 13.2 Å². The van der Waals surface area contributed by atoms with Gasteiger partial charge in [0.05, 0.1) is 0 Å². The molecule has 0 saturated carbocycles. The molecule has 0 spiro atoms. The zero-order valence-electron chi connectivity index (χ0n) is 8.60. The van der Waals surface area contributed by atoms with Gasteiger partial charge in [-0.2, -0.15) is 39.5 Å². The summed E-state index contributed by atoms with van der Waals surface area (Å²) < 4.78 is 147. The van der Waals surface area contributed by atoms with E-state index in [2.05, 4.69) is 0 Å².